The second kappa shape index (κ2) is 5.48. The third-order valence-electron chi connectivity index (χ3n) is 3.83. The Kier molecular flexibility index (Phi) is 4.56. The Morgan fingerprint density at radius 2 is 2.07 bits per heavy atom. The maximum Gasteiger partial charge on any atom is 0.158 e. The number of hydrogen-bond acceptors (Lipinski definition) is 1. The van der Waals surface area contributed by atoms with Crippen LogP contribution in [0.3, 0.4) is 0 Å². The van der Waals surface area contributed by atoms with Crippen molar-refractivity contribution in [3.05, 3.63) is 11.6 Å². The third kappa shape index (κ3) is 3.48. The van der Waals surface area contributed by atoms with Crippen molar-refractivity contribution in [1.82, 2.24) is 0 Å². The Morgan fingerprint density at radius 1 is 1.40 bits per heavy atom. The molecule has 1 nitrogen and oxygen atoms in total. The highest BCUT2D eigenvalue weighted by molar-refractivity contribution is 5.96. The first-order valence-corrected chi connectivity index (χ1v) is 6.33. The number of Topliss-reactive ketones (excluding diaryl/α,β-unsaturated/α-hetero) is 1. The van der Waals surface area contributed by atoms with E-state index in [1.165, 1.54) is 19.3 Å². The van der Waals surface area contributed by atoms with Gasteiger partial charge in [0.1, 0.15) is 0 Å². The zero-order valence-electron chi connectivity index (χ0n) is 10.4. The Morgan fingerprint density at radius 3 is 2.47 bits per heavy atom. The number of rotatable bonds is 7. The van der Waals surface area contributed by atoms with Crippen LogP contribution >= 0.6 is 0 Å². The van der Waals surface area contributed by atoms with Crippen molar-refractivity contribution in [3.8, 4) is 0 Å². The summed E-state index contributed by atoms with van der Waals surface area (Å²) >= 11 is 0. The SMILES string of the molecule is CCCC(C)(CC)CCC(=O)C1=CCC1. The molecule has 0 N–H and O–H groups in total. The van der Waals surface area contributed by atoms with Crippen LogP contribution in [0.4, 0.5) is 0 Å². The maximum atomic E-state index is 11.7. The second-order valence-corrected chi connectivity index (χ2v) is 5.11. The molecular formula is C14H24O. The zero-order chi connectivity index (χ0) is 11.3. The van der Waals surface area contributed by atoms with Crippen molar-refractivity contribution >= 4 is 5.78 Å². The van der Waals surface area contributed by atoms with Crippen molar-refractivity contribution in [2.75, 3.05) is 0 Å². The lowest BCUT2D eigenvalue weighted by molar-refractivity contribution is -0.116. The van der Waals surface area contributed by atoms with E-state index >= 15 is 0 Å². The number of ketones is 1. The number of carbonyl (C=O) groups excluding carboxylic acids is 1. The molecule has 0 fully saturated rings. The van der Waals surface area contributed by atoms with E-state index in [9.17, 15) is 4.79 Å². The van der Waals surface area contributed by atoms with Gasteiger partial charge in [0.15, 0.2) is 5.78 Å². The molecule has 0 bridgehead atoms. The minimum absolute atomic E-state index is 0.384. The van der Waals surface area contributed by atoms with Crippen molar-refractivity contribution in [1.29, 1.82) is 0 Å². The van der Waals surface area contributed by atoms with Crippen molar-refractivity contribution < 1.29 is 4.79 Å². The smallest absolute Gasteiger partial charge is 0.158 e. The fraction of sp³-hybridized carbons (Fsp3) is 0.786. The molecule has 15 heavy (non-hydrogen) atoms. The molecule has 1 aliphatic carbocycles. The van der Waals surface area contributed by atoms with Gasteiger partial charge in [-0.3, -0.25) is 4.79 Å². The molecule has 0 spiro atoms. The van der Waals surface area contributed by atoms with Crippen LogP contribution in [-0.4, -0.2) is 5.78 Å². The molecular weight excluding hydrogens is 184 g/mol. The van der Waals surface area contributed by atoms with Gasteiger partial charge >= 0.3 is 0 Å². The first-order chi connectivity index (χ1) is 7.11. The molecule has 1 atom stereocenters. The van der Waals surface area contributed by atoms with Crippen molar-refractivity contribution in [2.24, 2.45) is 5.41 Å². The molecule has 0 aromatic rings. The van der Waals surface area contributed by atoms with Crippen molar-refractivity contribution in [3.63, 3.8) is 0 Å². The lowest BCUT2D eigenvalue weighted by atomic mass is 9.77. The first kappa shape index (κ1) is 12.5. The zero-order valence-corrected chi connectivity index (χ0v) is 10.4. The highest BCUT2D eigenvalue weighted by Gasteiger charge is 2.23. The molecule has 0 saturated carbocycles. The first-order valence-electron chi connectivity index (χ1n) is 6.33. The predicted molar refractivity (Wildman–Crippen MR) is 64.9 cm³/mol. The molecule has 0 saturated heterocycles. The van der Waals surface area contributed by atoms with Crippen LogP contribution in [0, 0.1) is 5.41 Å². The minimum atomic E-state index is 0.384. The third-order valence-corrected chi connectivity index (χ3v) is 3.83. The summed E-state index contributed by atoms with van der Waals surface area (Å²) in [5, 5.41) is 0. The molecule has 0 radical (unpaired) electrons. The summed E-state index contributed by atoms with van der Waals surface area (Å²) in [6.07, 6.45) is 9.70. The van der Waals surface area contributed by atoms with Gasteiger partial charge in [0.25, 0.3) is 0 Å². The largest absolute Gasteiger partial charge is 0.295 e. The van der Waals surface area contributed by atoms with Gasteiger partial charge in [0.2, 0.25) is 0 Å². The topological polar surface area (TPSA) is 17.1 Å². The summed E-state index contributed by atoms with van der Waals surface area (Å²) in [4.78, 5) is 11.7. The quantitative estimate of drug-likeness (QED) is 0.610. The van der Waals surface area contributed by atoms with E-state index in [1.807, 2.05) is 0 Å². The fourth-order valence-electron chi connectivity index (χ4n) is 2.20. The highest BCUT2D eigenvalue weighted by Crippen LogP contribution is 2.34. The average Bonchev–Trinajstić information content (AvgIpc) is 2.13. The molecule has 0 aromatic heterocycles. The molecule has 0 aliphatic heterocycles. The summed E-state index contributed by atoms with van der Waals surface area (Å²) in [6.45, 7) is 6.78. The Labute approximate surface area is 93.9 Å². The van der Waals surface area contributed by atoms with E-state index < -0.39 is 0 Å². The summed E-state index contributed by atoms with van der Waals surface area (Å²) in [6, 6.07) is 0. The maximum absolute atomic E-state index is 11.7. The van der Waals surface area contributed by atoms with E-state index in [0.717, 1.165) is 31.3 Å². The lowest BCUT2D eigenvalue weighted by Crippen LogP contribution is -2.18. The molecule has 1 heteroatoms. The molecule has 1 unspecified atom stereocenters. The van der Waals surface area contributed by atoms with Gasteiger partial charge in [-0.1, -0.05) is 39.7 Å². The summed E-state index contributed by atoms with van der Waals surface area (Å²) < 4.78 is 0. The number of carbonyl (C=O) groups is 1. The molecule has 1 rings (SSSR count). The summed E-state index contributed by atoms with van der Waals surface area (Å²) in [5.41, 5.74) is 1.47. The summed E-state index contributed by atoms with van der Waals surface area (Å²) in [7, 11) is 0. The predicted octanol–water partition coefficient (Wildman–Crippen LogP) is 4.27. The van der Waals surface area contributed by atoms with E-state index in [2.05, 4.69) is 26.8 Å². The van der Waals surface area contributed by atoms with Gasteiger partial charge in [-0.25, -0.2) is 0 Å². The van der Waals surface area contributed by atoms with Crippen molar-refractivity contribution in [2.45, 2.75) is 65.7 Å². The van der Waals surface area contributed by atoms with Gasteiger partial charge < -0.3 is 0 Å². The second-order valence-electron chi connectivity index (χ2n) is 5.11. The van der Waals surface area contributed by atoms with Gasteiger partial charge in [0, 0.05) is 6.42 Å². The average molecular weight is 208 g/mol. The minimum Gasteiger partial charge on any atom is -0.295 e. The van der Waals surface area contributed by atoms with E-state index in [-0.39, 0.29) is 0 Å². The monoisotopic (exact) mass is 208 g/mol. The van der Waals surface area contributed by atoms with E-state index in [4.69, 9.17) is 0 Å². The normalized spacial score (nSPS) is 19.0. The van der Waals surface area contributed by atoms with Gasteiger partial charge in [-0.2, -0.15) is 0 Å². The van der Waals surface area contributed by atoms with Crippen LogP contribution in [0.1, 0.15) is 65.7 Å². The fourth-order valence-corrected chi connectivity index (χ4v) is 2.20. The van der Waals surface area contributed by atoms with Gasteiger partial charge in [-0.05, 0) is 36.7 Å². The summed E-state index contributed by atoms with van der Waals surface area (Å²) in [5.74, 6) is 0.400. The van der Waals surface area contributed by atoms with Crippen LogP contribution in [0.15, 0.2) is 11.6 Å². The molecule has 0 heterocycles. The standard InChI is InChI=1S/C14H24O/c1-4-10-14(3,5-2)11-9-13(15)12-7-6-8-12/h7H,4-6,8-11H2,1-3H3. The van der Waals surface area contributed by atoms with Crippen LogP contribution in [-0.2, 0) is 4.79 Å². The van der Waals surface area contributed by atoms with Crippen LogP contribution in [0.5, 0.6) is 0 Å². The number of hydrogen-bond donors (Lipinski definition) is 0. The Balaban J connectivity index is 2.36. The molecule has 1 aliphatic rings. The van der Waals surface area contributed by atoms with Crippen LogP contribution in [0.25, 0.3) is 0 Å². The lowest BCUT2D eigenvalue weighted by Gasteiger charge is -2.28. The van der Waals surface area contributed by atoms with Crippen LogP contribution in [0.2, 0.25) is 0 Å². The van der Waals surface area contributed by atoms with Gasteiger partial charge in [-0.15, -0.1) is 0 Å². The molecule has 0 amide bonds. The Bertz CT molecular complexity index is 252. The van der Waals surface area contributed by atoms with Crippen LogP contribution < -0.4 is 0 Å². The molecule has 0 aromatic carbocycles. The Hall–Kier alpha value is -0.590. The highest BCUT2D eigenvalue weighted by atomic mass is 16.1. The molecule has 86 valence electrons. The van der Waals surface area contributed by atoms with E-state index in [0.29, 0.717) is 11.2 Å². The van der Waals surface area contributed by atoms with Gasteiger partial charge in [0.05, 0.1) is 0 Å². The van der Waals surface area contributed by atoms with E-state index in [1.54, 1.807) is 0 Å². The number of allylic oxidation sites excluding steroid dienone is 2.